The van der Waals surface area contributed by atoms with Gasteiger partial charge in [-0.25, -0.2) is 4.39 Å². The third-order valence-corrected chi connectivity index (χ3v) is 4.24. The zero-order valence-corrected chi connectivity index (χ0v) is 14.2. The van der Waals surface area contributed by atoms with Crippen molar-refractivity contribution in [1.29, 1.82) is 0 Å². The second-order valence-corrected chi connectivity index (χ2v) is 6.13. The van der Waals surface area contributed by atoms with Crippen LogP contribution in [0.2, 0.25) is 0 Å². The van der Waals surface area contributed by atoms with E-state index in [-0.39, 0.29) is 17.6 Å². The summed E-state index contributed by atoms with van der Waals surface area (Å²) in [5.41, 5.74) is 3.39. The Bertz CT molecular complexity index is 805. The van der Waals surface area contributed by atoms with Crippen LogP contribution in [0.3, 0.4) is 0 Å². The summed E-state index contributed by atoms with van der Waals surface area (Å²) in [6.07, 6.45) is 0.806. The number of carbonyl (C=O) groups excluding carboxylic acids is 2. The fourth-order valence-corrected chi connectivity index (χ4v) is 2.92. The van der Waals surface area contributed by atoms with Gasteiger partial charge in [-0.15, -0.1) is 0 Å². The van der Waals surface area contributed by atoms with Crippen LogP contribution in [-0.2, 0) is 16.0 Å². The molecule has 0 aliphatic carbocycles. The molecule has 1 aliphatic rings. The maximum Gasteiger partial charge on any atom is 0.246 e. The van der Waals surface area contributed by atoms with Crippen LogP contribution in [0.15, 0.2) is 42.5 Å². The van der Waals surface area contributed by atoms with Crippen molar-refractivity contribution in [2.75, 3.05) is 22.1 Å². The minimum absolute atomic E-state index is 0.0338. The van der Waals surface area contributed by atoms with Crippen molar-refractivity contribution >= 4 is 28.9 Å². The van der Waals surface area contributed by atoms with Crippen molar-refractivity contribution < 1.29 is 14.0 Å². The Labute approximate surface area is 145 Å². The highest BCUT2D eigenvalue weighted by atomic mass is 19.1. The molecule has 0 unspecified atom stereocenters. The van der Waals surface area contributed by atoms with Gasteiger partial charge in [0.1, 0.15) is 11.9 Å². The van der Waals surface area contributed by atoms with Crippen LogP contribution in [0.4, 0.5) is 21.5 Å². The number of hydrogen-bond acceptors (Lipinski definition) is 3. The molecule has 130 valence electrons. The molecule has 0 aromatic heterocycles. The Hall–Kier alpha value is -2.89. The number of hydrogen-bond donors (Lipinski definition) is 2. The van der Waals surface area contributed by atoms with Crippen molar-refractivity contribution in [3.8, 4) is 0 Å². The molecule has 0 spiro atoms. The maximum atomic E-state index is 12.9. The van der Waals surface area contributed by atoms with Gasteiger partial charge in [-0.2, -0.15) is 0 Å². The average Bonchev–Trinajstić information content (AvgIpc) is 3.00. The molecule has 25 heavy (non-hydrogen) atoms. The van der Waals surface area contributed by atoms with E-state index in [4.69, 9.17) is 0 Å². The quantitative estimate of drug-likeness (QED) is 0.898. The molecule has 5 nitrogen and oxygen atoms in total. The van der Waals surface area contributed by atoms with Crippen molar-refractivity contribution in [2.24, 2.45) is 0 Å². The molecule has 0 saturated carbocycles. The monoisotopic (exact) mass is 341 g/mol. The summed E-state index contributed by atoms with van der Waals surface area (Å²) >= 11 is 0. The Kier molecular flexibility index (Phi) is 4.70. The van der Waals surface area contributed by atoms with E-state index in [0.717, 1.165) is 23.4 Å². The molecular formula is C19H20FN3O2. The van der Waals surface area contributed by atoms with Crippen molar-refractivity contribution in [1.82, 2.24) is 0 Å². The number of anilines is 3. The van der Waals surface area contributed by atoms with Gasteiger partial charge in [-0.3, -0.25) is 9.59 Å². The third kappa shape index (κ3) is 3.79. The van der Waals surface area contributed by atoms with Crippen LogP contribution in [0.25, 0.3) is 0 Å². The summed E-state index contributed by atoms with van der Waals surface area (Å²) < 4.78 is 12.9. The van der Waals surface area contributed by atoms with Gasteiger partial charge in [-0.05, 0) is 61.4 Å². The van der Waals surface area contributed by atoms with Crippen LogP contribution < -0.4 is 15.5 Å². The molecule has 1 atom stereocenters. The van der Waals surface area contributed by atoms with Crippen LogP contribution in [0.5, 0.6) is 0 Å². The molecule has 0 bridgehead atoms. The molecule has 2 aromatic rings. The predicted octanol–water partition coefficient (Wildman–Crippen LogP) is 3.17. The molecule has 0 saturated heterocycles. The summed E-state index contributed by atoms with van der Waals surface area (Å²) in [5, 5.41) is 5.90. The molecular weight excluding hydrogens is 321 g/mol. The van der Waals surface area contributed by atoms with Crippen LogP contribution >= 0.6 is 0 Å². The van der Waals surface area contributed by atoms with Crippen molar-refractivity contribution in [2.45, 2.75) is 26.3 Å². The number of benzene rings is 2. The van der Waals surface area contributed by atoms with E-state index in [9.17, 15) is 14.0 Å². The van der Waals surface area contributed by atoms with Gasteiger partial charge in [0, 0.05) is 30.5 Å². The standard InChI is InChI=1S/C19H20FN3O2/c1-12(19(25)22-16-5-3-15(20)4-6-16)21-17-7-8-18-14(11-17)9-10-23(18)13(2)24/h3-8,11-12,21H,9-10H2,1-2H3,(H,22,25)/t12-/m0/s1. The van der Waals surface area contributed by atoms with Gasteiger partial charge in [0.15, 0.2) is 0 Å². The van der Waals surface area contributed by atoms with Crippen molar-refractivity contribution in [3.05, 3.63) is 53.8 Å². The summed E-state index contributed by atoms with van der Waals surface area (Å²) in [5.74, 6) is -0.522. The zero-order valence-electron chi connectivity index (χ0n) is 14.2. The minimum atomic E-state index is -0.464. The normalized spacial score (nSPS) is 14.0. The maximum absolute atomic E-state index is 12.9. The fourth-order valence-electron chi connectivity index (χ4n) is 2.92. The largest absolute Gasteiger partial charge is 0.374 e. The lowest BCUT2D eigenvalue weighted by Crippen LogP contribution is -2.31. The molecule has 0 fully saturated rings. The Morgan fingerprint density at radius 2 is 1.80 bits per heavy atom. The number of carbonyl (C=O) groups is 2. The molecule has 1 aliphatic heterocycles. The van der Waals surface area contributed by atoms with Gasteiger partial charge < -0.3 is 15.5 Å². The zero-order chi connectivity index (χ0) is 18.0. The lowest BCUT2D eigenvalue weighted by atomic mass is 10.1. The number of amides is 2. The SMILES string of the molecule is CC(=O)N1CCc2cc(N[C@@H](C)C(=O)Nc3ccc(F)cc3)ccc21. The van der Waals surface area contributed by atoms with Gasteiger partial charge in [0.05, 0.1) is 0 Å². The van der Waals surface area contributed by atoms with Crippen LogP contribution in [0, 0.1) is 5.82 Å². The second kappa shape index (κ2) is 6.93. The van der Waals surface area contributed by atoms with E-state index in [1.807, 2.05) is 18.2 Å². The average molecular weight is 341 g/mol. The highest BCUT2D eigenvalue weighted by Gasteiger charge is 2.22. The highest BCUT2D eigenvalue weighted by molar-refractivity contribution is 5.97. The molecule has 6 heteroatoms. The molecule has 2 N–H and O–H groups in total. The Balaban J connectivity index is 1.65. The molecule has 1 heterocycles. The highest BCUT2D eigenvalue weighted by Crippen LogP contribution is 2.30. The van der Waals surface area contributed by atoms with E-state index in [0.29, 0.717) is 12.2 Å². The van der Waals surface area contributed by atoms with Gasteiger partial charge >= 0.3 is 0 Å². The third-order valence-electron chi connectivity index (χ3n) is 4.24. The molecule has 3 rings (SSSR count). The molecule has 0 radical (unpaired) electrons. The topological polar surface area (TPSA) is 61.4 Å². The van der Waals surface area contributed by atoms with E-state index in [1.54, 1.807) is 18.7 Å². The Morgan fingerprint density at radius 3 is 2.48 bits per heavy atom. The first-order valence-electron chi connectivity index (χ1n) is 8.18. The van der Waals surface area contributed by atoms with E-state index >= 15 is 0 Å². The number of fused-ring (bicyclic) bond motifs is 1. The molecule has 2 amide bonds. The summed E-state index contributed by atoms with van der Waals surface area (Å²) in [6.45, 7) is 4.01. The molecule has 2 aromatic carbocycles. The van der Waals surface area contributed by atoms with Gasteiger partial charge in [0.25, 0.3) is 0 Å². The fraction of sp³-hybridized carbons (Fsp3) is 0.263. The number of rotatable bonds is 4. The predicted molar refractivity (Wildman–Crippen MR) is 96.3 cm³/mol. The smallest absolute Gasteiger partial charge is 0.246 e. The first-order valence-corrected chi connectivity index (χ1v) is 8.18. The lowest BCUT2D eigenvalue weighted by Gasteiger charge is -2.17. The number of nitrogens with one attached hydrogen (secondary N) is 2. The van der Waals surface area contributed by atoms with E-state index in [1.165, 1.54) is 24.3 Å². The summed E-state index contributed by atoms with van der Waals surface area (Å²) in [6, 6.07) is 10.9. The van der Waals surface area contributed by atoms with Crippen LogP contribution in [0.1, 0.15) is 19.4 Å². The van der Waals surface area contributed by atoms with E-state index in [2.05, 4.69) is 10.6 Å². The summed E-state index contributed by atoms with van der Waals surface area (Å²) in [4.78, 5) is 25.6. The summed E-state index contributed by atoms with van der Waals surface area (Å²) in [7, 11) is 0. The van der Waals surface area contributed by atoms with Gasteiger partial charge in [0.2, 0.25) is 11.8 Å². The lowest BCUT2D eigenvalue weighted by molar-refractivity contribution is -0.117. The van der Waals surface area contributed by atoms with Gasteiger partial charge in [-0.1, -0.05) is 0 Å². The first-order chi connectivity index (χ1) is 11.9. The Morgan fingerprint density at radius 1 is 1.12 bits per heavy atom. The van der Waals surface area contributed by atoms with E-state index < -0.39 is 6.04 Å². The minimum Gasteiger partial charge on any atom is -0.374 e. The number of halogens is 1. The second-order valence-electron chi connectivity index (χ2n) is 6.13. The van der Waals surface area contributed by atoms with Crippen molar-refractivity contribution in [3.63, 3.8) is 0 Å². The van der Waals surface area contributed by atoms with Crippen LogP contribution in [-0.4, -0.2) is 24.4 Å². The first kappa shape index (κ1) is 17.0. The number of nitrogens with zero attached hydrogens (tertiary/aromatic N) is 1.